The Morgan fingerprint density at radius 2 is 1.04 bits per heavy atom. The Bertz CT molecular complexity index is 2860. The zero-order valence-corrected chi connectivity index (χ0v) is 27.7. The highest BCUT2D eigenvalue weighted by Gasteiger charge is 2.23. The molecule has 0 bridgehead atoms. The Balaban J connectivity index is 1.33. The molecule has 0 atom stereocenters. The summed E-state index contributed by atoms with van der Waals surface area (Å²) in [5.74, 6) is 0.702. The van der Waals surface area contributed by atoms with Crippen molar-refractivity contribution < 1.29 is 4.42 Å². The third kappa shape index (κ3) is 4.73. The van der Waals surface area contributed by atoms with E-state index in [1.54, 1.807) is 11.3 Å². The molecule has 10 rings (SSSR count). The molecule has 0 aliphatic rings. The molecule has 0 saturated carbocycles. The highest BCUT2D eigenvalue weighted by Crippen LogP contribution is 2.46. The summed E-state index contributed by atoms with van der Waals surface area (Å²) < 4.78 is 8.55. The van der Waals surface area contributed by atoms with E-state index in [1.807, 2.05) is 12.1 Å². The second-order valence-corrected chi connectivity index (χ2v) is 13.6. The molecule has 0 spiro atoms. The first-order valence-electron chi connectivity index (χ1n) is 16.7. The first-order chi connectivity index (χ1) is 24.8. The van der Waals surface area contributed by atoms with Gasteiger partial charge in [-0.2, -0.15) is 0 Å². The molecule has 3 nitrogen and oxygen atoms in total. The van der Waals surface area contributed by atoms with E-state index in [0.717, 1.165) is 87.7 Å². The predicted molar refractivity (Wildman–Crippen MR) is 209 cm³/mol. The molecule has 7 aromatic carbocycles. The number of furan rings is 1. The van der Waals surface area contributed by atoms with Gasteiger partial charge in [0.15, 0.2) is 5.82 Å². The summed E-state index contributed by atoms with van der Waals surface area (Å²) in [6, 6.07) is 59.7. The number of hydrogen-bond acceptors (Lipinski definition) is 4. The first kappa shape index (κ1) is 28.6. The topological polar surface area (TPSA) is 38.9 Å². The van der Waals surface area contributed by atoms with Crippen LogP contribution in [0.15, 0.2) is 174 Å². The minimum absolute atomic E-state index is 0.702. The smallest absolute Gasteiger partial charge is 0.161 e. The van der Waals surface area contributed by atoms with Crippen LogP contribution in [0, 0.1) is 0 Å². The number of hydrogen-bond donors (Lipinski definition) is 0. The van der Waals surface area contributed by atoms with E-state index in [-0.39, 0.29) is 0 Å². The Morgan fingerprint density at radius 3 is 1.82 bits per heavy atom. The van der Waals surface area contributed by atoms with Crippen molar-refractivity contribution in [2.24, 2.45) is 0 Å². The average molecular weight is 657 g/mol. The first-order valence-corrected chi connectivity index (χ1v) is 17.6. The number of aromatic nitrogens is 2. The molecule has 0 N–H and O–H groups in total. The Kier molecular flexibility index (Phi) is 6.68. The van der Waals surface area contributed by atoms with Crippen molar-refractivity contribution in [2.45, 2.75) is 0 Å². The molecule has 50 heavy (non-hydrogen) atoms. The fourth-order valence-corrected chi connectivity index (χ4v) is 8.31. The predicted octanol–water partition coefficient (Wildman–Crippen LogP) is 13.1. The van der Waals surface area contributed by atoms with Gasteiger partial charge < -0.3 is 4.42 Å². The summed E-state index contributed by atoms with van der Waals surface area (Å²) in [5.41, 5.74) is 12.4. The molecule has 0 saturated heterocycles. The van der Waals surface area contributed by atoms with Crippen molar-refractivity contribution in [2.75, 3.05) is 0 Å². The average Bonchev–Trinajstić information content (AvgIpc) is 3.76. The van der Waals surface area contributed by atoms with Gasteiger partial charge in [0.2, 0.25) is 0 Å². The number of fused-ring (bicyclic) bond motifs is 6. The second kappa shape index (κ2) is 11.7. The van der Waals surface area contributed by atoms with E-state index in [4.69, 9.17) is 14.4 Å². The summed E-state index contributed by atoms with van der Waals surface area (Å²) in [6.07, 6.45) is 0. The minimum atomic E-state index is 0.702. The van der Waals surface area contributed by atoms with Gasteiger partial charge in [-0.25, -0.2) is 9.97 Å². The summed E-state index contributed by atoms with van der Waals surface area (Å²) in [5, 5.41) is 3.35. The third-order valence-electron chi connectivity index (χ3n) is 9.50. The van der Waals surface area contributed by atoms with Crippen LogP contribution < -0.4 is 0 Å². The van der Waals surface area contributed by atoms with Crippen LogP contribution in [-0.4, -0.2) is 9.97 Å². The molecule has 0 radical (unpaired) electrons. The third-order valence-corrected chi connectivity index (χ3v) is 10.7. The van der Waals surface area contributed by atoms with Crippen LogP contribution in [0.5, 0.6) is 0 Å². The van der Waals surface area contributed by atoms with Crippen LogP contribution in [-0.2, 0) is 0 Å². The Morgan fingerprint density at radius 1 is 0.420 bits per heavy atom. The lowest BCUT2D eigenvalue weighted by atomic mass is 9.86. The van der Waals surface area contributed by atoms with E-state index in [0.29, 0.717) is 5.82 Å². The van der Waals surface area contributed by atoms with Gasteiger partial charge in [0, 0.05) is 37.5 Å². The number of rotatable bonds is 5. The van der Waals surface area contributed by atoms with Crippen LogP contribution in [0.25, 0.3) is 98.3 Å². The maximum atomic E-state index is 6.25. The van der Waals surface area contributed by atoms with Crippen molar-refractivity contribution >= 4 is 53.6 Å². The molecule has 0 unspecified atom stereocenters. The number of thiophene rings is 1. The summed E-state index contributed by atoms with van der Waals surface area (Å²) in [7, 11) is 0. The van der Waals surface area contributed by atoms with Gasteiger partial charge in [-0.1, -0.05) is 133 Å². The molecule has 0 amide bonds. The van der Waals surface area contributed by atoms with Crippen molar-refractivity contribution in [1.29, 1.82) is 0 Å². The molecular formula is C46H28N2OS. The van der Waals surface area contributed by atoms with Crippen LogP contribution >= 0.6 is 11.3 Å². The normalized spacial score (nSPS) is 11.6. The van der Waals surface area contributed by atoms with Gasteiger partial charge in [0.1, 0.15) is 11.2 Å². The zero-order chi connectivity index (χ0) is 33.0. The van der Waals surface area contributed by atoms with E-state index < -0.39 is 0 Å². The molecule has 0 aliphatic carbocycles. The van der Waals surface area contributed by atoms with Crippen LogP contribution in [0.2, 0.25) is 0 Å². The van der Waals surface area contributed by atoms with Crippen molar-refractivity contribution in [3.63, 3.8) is 0 Å². The van der Waals surface area contributed by atoms with E-state index in [2.05, 4.69) is 158 Å². The minimum Gasteiger partial charge on any atom is -0.456 e. The highest BCUT2D eigenvalue weighted by molar-refractivity contribution is 7.26. The molecule has 234 valence electrons. The van der Waals surface area contributed by atoms with Crippen LogP contribution in [0.1, 0.15) is 0 Å². The van der Waals surface area contributed by atoms with Gasteiger partial charge in [0.05, 0.1) is 15.9 Å². The number of nitrogens with zero attached hydrogens (tertiary/aromatic N) is 2. The van der Waals surface area contributed by atoms with Gasteiger partial charge in [-0.05, 0) is 64.2 Å². The molecule has 0 aliphatic heterocycles. The highest BCUT2D eigenvalue weighted by atomic mass is 32.1. The number of benzene rings is 7. The largest absolute Gasteiger partial charge is 0.456 e. The molecule has 10 aromatic rings. The standard InChI is InChI=1S/C46H28N2OS/c1-4-14-29(15-5-1)33-27-36(32-24-25-40-37(26-32)34-20-10-12-22-39(34)49-40)42(30-16-6-2-7-17-30)38(28-33)46-47-43(31-18-8-3-9-19-31)45-44(48-46)35-21-11-13-23-41(35)50-45/h1-28H. The van der Waals surface area contributed by atoms with Crippen molar-refractivity contribution in [3.05, 3.63) is 170 Å². The van der Waals surface area contributed by atoms with E-state index in [1.165, 1.54) is 4.70 Å². The van der Waals surface area contributed by atoms with E-state index >= 15 is 0 Å². The Labute approximate surface area is 292 Å². The van der Waals surface area contributed by atoms with Crippen LogP contribution in [0.3, 0.4) is 0 Å². The maximum Gasteiger partial charge on any atom is 0.161 e. The van der Waals surface area contributed by atoms with Gasteiger partial charge in [-0.3, -0.25) is 0 Å². The molecule has 3 aromatic heterocycles. The van der Waals surface area contributed by atoms with Crippen LogP contribution in [0.4, 0.5) is 0 Å². The quantitative estimate of drug-likeness (QED) is 0.185. The fraction of sp³-hybridized carbons (Fsp3) is 0. The van der Waals surface area contributed by atoms with Gasteiger partial charge in [-0.15, -0.1) is 11.3 Å². The lowest BCUT2D eigenvalue weighted by Gasteiger charge is -2.19. The second-order valence-electron chi connectivity index (χ2n) is 12.5. The monoisotopic (exact) mass is 656 g/mol. The van der Waals surface area contributed by atoms with Gasteiger partial charge >= 0.3 is 0 Å². The zero-order valence-electron chi connectivity index (χ0n) is 26.9. The van der Waals surface area contributed by atoms with E-state index in [9.17, 15) is 0 Å². The summed E-state index contributed by atoms with van der Waals surface area (Å²) in [6.45, 7) is 0. The number of para-hydroxylation sites is 1. The fourth-order valence-electron chi connectivity index (χ4n) is 7.16. The molecule has 0 fully saturated rings. The maximum absolute atomic E-state index is 6.25. The lowest BCUT2D eigenvalue weighted by Crippen LogP contribution is -1.98. The van der Waals surface area contributed by atoms with Crippen molar-refractivity contribution in [3.8, 4) is 56.0 Å². The summed E-state index contributed by atoms with van der Waals surface area (Å²) >= 11 is 1.76. The SMILES string of the molecule is c1ccc(-c2cc(-c3ccc4oc5ccccc5c4c3)c(-c3ccccc3)c(-c3nc(-c4ccccc4)c4sc5ccccc5c4n3)c2)cc1. The summed E-state index contributed by atoms with van der Waals surface area (Å²) in [4.78, 5) is 10.9. The van der Waals surface area contributed by atoms with Crippen molar-refractivity contribution in [1.82, 2.24) is 9.97 Å². The molecular weight excluding hydrogens is 629 g/mol. The van der Waals surface area contributed by atoms with Gasteiger partial charge in [0.25, 0.3) is 0 Å². The lowest BCUT2D eigenvalue weighted by molar-refractivity contribution is 0.669. The molecule has 3 heterocycles. The Hall–Kier alpha value is -6.36. The molecule has 4 heteroatoms.